The quantitative estimate of drug-likeness (QED) is 0.929. The van der Waals surface area contributed by atoms with Gasteiger partial charge < -0.3 is 10.2 Å². The van der Waals surface area contributed by atoms with Crippen LogP contribution in [0.15, 0.2) is 30.5 Å². The van der Waals surface area contributed by atoms with E-state index in [1.165, 1.54) is 36.3 Å². The van der Waals surface area contributed by atoms with Gasteiger partial charge in [-0.15, -0.1) is 11.3 Å². The molecule has 1 amide bonds. The van der Waals surface area contributed by atoms with Gasteiger partial charge in [0.2, 0.25) is 0 Å². The first-order chi connectivity index (χ1) is 10.8. The molecule has 22 heavy (non-hydrogen) atoms. The Hall–Kier alpha value is -1.88. The molecular weight excluding hydrogens is 294 g/mol. The highest BCUT2D eigenvalue weighted by Gasteiger charge is 2.13. The summed E-state index contributed by atoms with van der Waals surface area (Å²) >= 11 is 1.46. The van der Waals surface area contributed by atoms with Crippen LogP contribution in [0.3, 0.4) is 0 Å². The number of aryl methyl sites for hydroxylation is 1. The van der Waals surface area contributed by atoms with Gasteiger partial charge in [0.1, 0.15) is 4.88 Å². The summed E-state index contributed by atoms with van der Waals surface area (Å²) in [5.74, 6) is -0.0759. The molecule has 116 valence electrons. The van der Waals surface area contributed by atoms with Crippen LogP contribution in [-0.2, 0) is 6.42 Å². The molecular formula is C17H21N3OS. The van der Waals surface area contributed by atoms with E-state index >= 15 is 0 Å². The molecule has 1 aromatic heterocycles. The van der Waals surface area contributed by atoms with Crippen molar-refractivity contribution in [1.29, 1.82) is 0 Å². The van der Waals surface area contributed by atoms with E-state index in [2.05, 4.69) is 27.3 Å². The van der Waals surface area contributed by atoms with Crippen LogP contribution in [0.25, 0.3) is 0 Å². The summed E-state index contributed by atoms with van der Waals surface area (Å²) in [5, 5.41) is 3.97. The summed E-state index contributed by atoms with van der Waals surface area (Å²) in [7, 11) is 0. The number of benzene rings is 1. The van der Waals surface area contributed by atoms with Gasteiger partial charge in [-0.3, -0.25) is 4.79 Å². The zero-order valence-corrected chi connectivity index (χ0v) is 13.7. The van der Waals surface area contributed by atoms with Crippen LogP contribution in [-0.4, -0.2) is 24.0 Å². The number of piperidine rings is 1. The van der Waals surface area contributed by atoms with Crippen molar-refractivity contribution in [3.05, 3.63) is 40.3 Å². The molecule has 0 unspecified atom stereocenters. The smallest absolute Gasteiger partial charge is 0.267 e. The maximum absolute atomic E-state index is 12.3. The number of aromatic nitrogens is 1. The molecule has 3 rings (SSSR count). The lowest BCUT2D eigenvalue weighted by molar-refractivity contribution is 0.103. The summed E-state index contributed by atoms with van der Waals surface area (Å²) in [4.78, 5) is 19.6. The van der Waals surface area contributed by atoms with Crippen molar-refractivity contribution in [2.75, 3.05) is 23.3 Å². The molecule has 5 heteroatoms. The first-order valence-corrected chi connectivity index (χ1v) is 8.69. The number of nitrogens with one attached hydrogen (secondary N) is 1. The second kappa shape index (κ2) is 6.92. The number of hydrogen-bond donors (Lipinski definition) is 1. The molecule has 0 saturated carbocycles. The van der Waals surface area contributed by atoms with Crippen LogP contribution in [0.1, 0.15) is 40.9 Å². The predicted octanol–water partition coefficient (Wildman–Crippen LogP) is 3.95. The minimum Gasteiger partial charge on any atom is -0.371 e. The maximum Gasteiger partial charge on any atom is 0.267 e. The lowest BCUT2D eigenvalue weighted by atomic mass is 10.1. The fourth-order valence-corrected chi connectivity index (χ4v) is 3.46. The third-order valence-electron chi connectivity index (χ3n) is 3.91. The molecule has 1 aliphatic rings. The van der Waals surface area contributed by atoms with Gasteiger partial charge in [0.15, 0.2) is 0 Å². The normalized spacial score (nSPS) is 14.9. The Morgan fingerprint density at radius 3 is 2.86 bits per heavy atom. The number of rotatable bonds is 4. The van der Waals surface area contributed by atoms with Crippen molar-refractivity contribution in [2.45, 2.75) is 32.6 Å². The van der Waals surface area contributed by atoms with E-state index in [-0.39, 0.29) is 5.91 Å². The van der Waals surface area contributed by atoms with E-state index < -0.39 is 0 Å². The lowest BCUT2D eigenvalue weighted by Crippen LogP contribution is -2.29. The number of amides is 1. The van der Waals surface area contributed by atoms with E-state index in [0.29, 0.717) is 4.88 Å². The molecule has 1 fully saturated rings. The van der Waals surface area contributed by atoms with Gasteiger partial charge in [-0.25, -0.2) is 4.98 Å². The first-order valence-electron chi connectivity index (χ1n) is 7.87. The molecule has 0 bridgehead atoms. The minimum absolute atomic E-state index is 0.0759. The van der Waals surface area contributed by atoms with E-state index in [0.717, 1.165) is 30.2 Å². The SMILES string of the molecule is CCc1ncc(C(=O)Nc2cccc(N3CCCCC3)c2)s1. The van der Waals surface area contributed by atoms with Crippen molar-refractivity contribution in [2.24, 2.45) is 0 Å². The zero-order valence-electron chi connectivity index (χ0n) is 12.8. The molecule has 1 N–H and O–H groups in total. The lowest BCUT2D eigenvalue weighted by Gasteiger charge is -2.29. The fourth-order valence-electron chi connectivity index (χ4n) is 2.70. The molecule has 1 aliphatic heterocycles. The van der Waals surface area contributed by atoms with Gasteiger partial charge >= 0.3 is 0 Å². The highest BCUT2D eigenvalue weighted by atomic mass is 32.1. The Morgan fingerprint density at radius 1 is 1.32 bits per heavy atom. The van der Waals surface area contributed by atoms with E-state index in [1.54, 1.807) is 6.20 Å². The number of thiazole rings is 1. The van der Waals surface area contributed by atoms with Crippen LogP contribution < -0.4 is 10.2 Å². The van der Waals surface area contributed by atoms with Crippen LogP contribution in [0.5, 0.6) is 0 Å². The van der Waals surface area contributed by atoms with Gasteiger partial charge in [0.05, 0.1) is 11.2 Å². The van der Waals surface area contributed by atoms with E-state index in [4.69, 9.17) is 0 Å². The van der Waals surface area contributed by atoms with Gasteiger partial charge in [-0.1, -0.05) is 13.0 Å². The molecule has 0 spiro atoms. The minimum atomic E-state index is -0.0759. The molecule has 2 heterocycles. The van der Waals surface area contributed by atoms with Crippen LogP contribution in [0.4, 0.5) is 11.4 Å². The molecule has 4 nitrogen and oxygen atoms in total. The average molecular weight is 315 g/mol. The van der Waals surface area contributed by atoms with E-state index in [9.17, 15) is 4.79 Å². The van der Waals surface area contributed by atoms with Crippen molar-refractivity contribution in [3.63, 3.8) is 0 Å². The Bertz CT molecular complexity index is 647. The Kier molecular flexibility index (Phi) is 4.73. The van der Waals surface area contributed by atoms with Crippen LogP contribution in [0.2, 0.25) is 0 Å². The van der Waals surface area contributed by atoms with Crippen LogP contribution in [0, 0.1) is 0 Å². The largest absolute Gasteiger partial charge is 0.371 e. The monoisotopic (exact) mass is 315 g/mol. The summed E-state index contributed by atoms with van der Waals surface area (Å²) in [6.07, 6.45) is 6.34. The average Bonchev–Trinajstić information content (AvgIpc) is 3.05. The molecule has 0 aliphatic carbocycles. The molecule has 0 atom stereocenters. The highest BCUT2D eigenvalue weighted by Crippen LogP contribution is 2.24. The first kappa shape index (κ1) is 15.0. The Morgan fingerprint density at radius 2 is 2.14 bits per heavy atom. The van der Waals surface area contributed by atoms with Crippen molar-refractivity contribution in [1.82, 2.24) is 4.98 Å². The molecule has 0 radical (unpaired) electrons. The Balaban J connectivity index is 1.70. The topological polar surface area (TPSA) is 45.2 Å². The van der Waals surface area contributed by atoms with Gasteiger partial charge in [0.25, 0.3) is 5.91 Å². The third-order valence-corrected chi connectivity index (χ3v) is 5.05. The third kappa shape index (κ3) is 3.47. The zero-order chi connectivity index (χ0) is 15.4. The molecule has 1 saturated heterocycles. The van der Waals surface area contributed by atoms with Gasteiger partial charge in [0, 0.05) is 24.5 Å². The summed E-state index contributed by atoms with van der Waals surface area (Å²) in [6, 6.07) is 8.12. The van der Waals surface area contributed by atoms with Crippen LogP contribution >= 0.6 is 11.3 Å². The van der Waals surface area contributed by atoms with Crippen molar-refractivity contribution in [3.8, 4) is 0 Å². The van der Waals surface area contributed by atoms with E-state index in [1.807, 2.05) is 19.1 Å². The fraction of sp³-hybridized carbons (Fsp3) is 0.412. The maximum atomic E-state index is 12.3. The second-order valence-corrected chi connectivity index (χ2v) is 6.64. The number of nitrogens with zero attached hydrogens (tertiary/aromatic N) is 2. The van der Waals surface area contributed by atoms with Crippen molar-refractivity contribution < 1.29 is 4.79 Å². The molecule has 1 aromatic carbocycles. The summed E-state index contributed by atoms with van der Waals surface area (Å²) in [6.45, 7) is 4.25. The van der Waals surface area contributed by atoms with Gasteiger partial charge in [-0.2, -0.15) is 0 Å². The standard InChI is InChI=1S/C17H21N3OS/c1-2-16-18-12-15(22-16)17(21)19-13-7-6-8-14(11-13)20-9-4-3-5-10-20/h6-8,11-12H,2-5,9-10H2,1H3,(H,19,21). The number of hydrogen-bond acceptors (Lipinski definition) is 4. The highest BCUT2D eigenvalue weighted by molar-refractivity contribution is 7.13. The summed E-state index contributed by atoms with van der Waals surface area (Å²) < 4.78 is 0. The number of anilines is 2. The second-order valence-electron chi connectivity index (χ2n) is 5.52. The molecule has 2 aromatic rings. The number of carbonyl (C=O) groups is 1. The Labute approximate surface area is 135 Å². The summed E-state index contributed by atoms with van der Waals surface area (Å²) in [5.41, 5.74) is 2.04. The van der Waals surface area contributed by atoms with Crippen molar-refractivity contribution >= 4 is 28.6 Å². The predicted molar refractivity (Wildman–Crippen MR) is 92.0 cm³/mol. The number of carbonyl (C=O) groups excluding carboxylic acids is 1. The van der Waals surface area contributed by atoms with Gasteiger partial charge in [-0.05, 0) is 43.9 Å².